The number of aromatic nitrogens is 2. The van der Waals surface area contributed by atoms with E-state index >= 15 is 0 Å². The van der Waals surface area contributed by atoms with Gasteiger partial charge in [-0.1, -0.05) is 0 Å². The number of aryl methyl sites for hydroxylation is 1. The first-order chi connectivity index (χ1) is 16.5. The summed E-state index contributed by atoms with van der Waals surface area (Å²) in [6.07, 6.45) is 3.90. The number of pyridine rings is 1. The van der Waals surface area contributed by atoms with Crippen LogP contribution >= 0.6 is 11.3 Å². The average molecular weight is 477 g/mol. The number of β-amino-alcohol motifs (C(OH)–C–C–N with tert-alkyl or cyclic N) is 1. The second-order valence-corrected chi connectivity index (χ2v) is 10.0. The highest BCUT2D eigenvalue weighted by Gasteiger charge is 2.27. The highest BCUT2D eigenvalue weighted by molar-refractivity contribution is 7.21. The van der Waals surface area contributed by atoms with E-state index < -0.39 is 6.10 Å². The lowest BCUT2D eigenvalue weighted by atomic mass is 10.2. The second kappa shape index (κ2) is 8.11. The minimum absolute atomic E-state index is 0.0896. The van der Waals surface area contributed by atoms with Gasteiger partial charge in [-0.3, -0.25) is 14.3 Å². The molecule has 2 aliphatic rings. The number of benzene rings is 1. The number of carbonyl (C=O) groups excluding carboxylic acids is 2. The Morgan fingerprint density at radius 1 is 1.18 bits per heavy atom. The molecule has 1 atom stereocenters. The summed E-state index contributed by atoms with van der Waals surface area (Å²) in [7, 11) is 0. The number of rotatable bonds is 4. The molecule has 1 saturated heterocycles. The van der Waals surface area contributed by atoms with Crippen LogP contribution in [0.25, 0.3) is 21.1 Å². The summed E-state index contributed by atoms with van der Waals surface area (Å²) >= 11 is 1.35. The quantitative estimate of drug-likeness (QED) is 0.458. The lowest BCUT2D eigenvalue weighted by molar-refractivity contribution is 0.0769. The summed E-state index contributed by atoms with van der Waals surface area (Å²) in [4.78, 5) is 32.2. The standard InChI is InChI=1S/C25H24N4O4S/c1-14-10-15-11-18(4-5-20(15)29(14)25(32)27-16-2-3-16)33-21-6-8-26-19-12-22(34-23(19)21)24(31)28-9-7-17(30)13-28/h4-6,8,10-12,16-17,30H,2-3,7,9,13H2,1H3,(H,27,32). The van der Waals surface area contributed by atoms with Crippen molar-refractivity contribution in [1.29, 1.82) is 0 Å². The molecule has 0 radical (unpaired) electrons. The molecule has 1 saturated carbocycles. The number of fused-ring (bicyclic) bond motifs is 2. The third-order valence-corrected chi connectivity index (χ3v) is 7.46. The van der Waals surface area contributed by atoms with Crippen molar-refractivity contribution >= 4 is 44.4 Å². The van der Waals surface area contributed by atoms with Crippen molar-refractivity contribution < 1.29 is 19.4 Å². The van der Waals surface area contributed by atoms with Crippen molar-refractivity contribution in [2.75, 3.05) is 13.1 Å². The van der Waals surface area contributed by atoms with Crippen LogP contribution in [0.4, 0.5) is 4.79 Å². The van der Waals surface area contributed by atoms with Crippen molar-refractivity contribution in [3.05, 3.63) is 53.2 Å². The number of carbonyl (C=O) groups is 2. The first-order valence-electron chi connectivity index (χ1n) is 11.4. The summed E-state index contributed by atoms with van der Waals surface area (Å²) < 4.78 is 8.71. The van der Waals surface area contributed by atoms with E-state index in [0.29, 0.717) is 47.4 Å². The lowest BCUT2D eigenvalue weighted by Gasteiger charge is -2.13. The average Bonchev–Trinajstić information content (AvgIpc) is 3.20. The first kappa shape index (κ1) is 21.1. The summed E-state index contributed by atoms with van der Waals surface area (Å²) in [5, 5.41) is 13.7. The molecule has 8 nitrogen and oxygen atoms in total. The molecule has 34 heavy (non-hydrogen) atoms. The Morgan fingerprint density at radius 2 is 2.03 bits per heavy atom. The van der Waals surface area contributed by atoms with Crippen molar-refractivity contribution in [1.82, 2.24) is 19.8 Å². The maximum absolute atomic E-state index is 12.9. The molecule has 9 heteroatoms. The van der Waals surface area contributed by atoms with Gasteiger partial charge >= 0.3 is 6.03 Å². The Balaban J connectivity index is 1.28. The molecular weight excluding hydrogens is 452 g/mol. The zero-order chi connectivity index (χ0) is 23.4. The molecular formula is C25H24N4O4S. The van der Waals surface area contributed by atoms with Gasteiger partial charge in [0.1, 0.15) is 11.5 Å². The molecule has 4 heterocycles. The molecule has 2 N–H and O–H groups in total. The van der Waals surface area contributed by atoms with Crippen molar-refractivity contribution in [2.24, 2.45) is 0 Å². The van der Waals surface area contributed by atoms with Gasteiger partial charge in [-0.15, -0.1) is 11.3 Å². The SMILES string of the molecule is Cc1cc2cc(Oc3ccnc4cc(C(=O)N5CCC(O)C5)sc34)ccc2n1C(=O)NC1CC1. The van der Waals surface area contributed by atoms with Crippen LogP contribution < -0.4 is 10.1 Å². The molecule has 6 rings (SSSR count). The maximum Gasteiger partial charge on any atom is 0.326 e. The smallest absolute Gasteiger partial charge is 0.326 e. The number of thiophene rings is 1. The third kappa shape index (κ3) is 3.80. The van der Waals surface area contributed by atoms with E-state index in [9.17, 15) is 14.7 Å². The molecule has 1 unspecified atom stereocenters. The van der Waals surface area contributed by atoms with Gasteiger partial charge in [0.15, 0.2) is 0 Å². The second-order valence-electron chi connectivity index (χ2n) is 9.00. The highest BCUT2D eigenvalue weighted by Crippen LogP contribution is 2.36. The highest BCUT2D eigenvalue weighted by atomic mass is 32.1. The number of likely N-dealkylation sites (tertiary alicyclic amines) is 1. The number of nitrogens with one attached hydrogen (secondary N) is 1. The van der Waals surface area contributed by atoms with Crippen LogP contribution in [0, 0.1) is 6.92 Å². The van der Waals surface area contributed by atoms with E-state index in [1.54, 1.807) is 27.8 Å². The molecule has 0 spiro atoms. The largest absolute Gasteiger partial charge is 0.456 e. The van der Waals surface area contributed by atoms with Crippen LogP contribution in [0.3, 0.4) is 0 Å². The van der Waals surface area contributed by atoms with Crippen molar-refractivity contribution in [2.45, 2.75) is 38.3 Å². The van der Waals surface area contributed by atoms with Gasteiger partial charge < -0.3 is 20.1 Å². The maximum atomic E-state index is 12.9. The van der Waals surface area contributed by atoms with E-state index in [1.165, 1.54) is 11.3 Å². The Kier molecular flexibility index (Phi) is 5.04. The summed E-state index contributed by atoms with van der Waals surface area (Å²) in [5.41, 5.74) is 2.40. The molecule has 2 fully saturated rings. The summed E-state index contributed by atoms with van der Waals surface area (Å²) in [6, 6.07) is 11.4. The summed E-state index contributed by atoms with van der Waals surface area (Å²) in [5.74, 6) is 1.18. The lowest BCUT2D eigenvalue weighted by Crippen LogP contribution is -2.30. The van der Waals surface area contributed by atoms with Crippen LogP contribution in [0.1, 0.15) is 34.6 Å². The van der Waals surface area contributed by atoms with Gasteiger partial charge in [0.25, 0.3) is 5.91 Å². The minimum atomic E-state index is -0.455. The number of hydrogen-bond donors (Lipinski definition) is 2. The normalized spacial score (nSPS) is 18.1. The number of hydrogen-bond acceptors (Lipinski definition) is 6. The molecule has 1 aromatic carbocycles. The first-order valence-corrected chi connectivity index (χ1v) is 12.2. The van der Waals surface area contributed by atoms with Crippen LogP contribution in [-0.2, 0) is 0 Å². The zero-order valence-corrected chi connectivity index (χ0v) is 19.5. The van der Waals surface area contributed by atoms with E-state index in [4.69, 9.17) is 4.74 Å². The molecule has 1 aliphatic heterocycles. The number of amides is 2. The predicted molar refractivity (Wildman–Crippen MR) is 130 cm³/mol. The molecule has 1 aliphatic carbocycles. The van der Waals surface area contributed by atoms with E-state index in [0.717, 1.165) is 34.1 Å². The van der Waals surface area contributed by atoms with Crippen molar-refractivity contribution in [3.63, 3.8) is 0 Å². The minimum Gasteiger partial charge on any atom is -0.456 e. The zero-order valence-electron chi connectivity index (χ0n) is 18.7. The fraction of sp³-hybridized carbons (Fsp3) is 0.320. The van der Waals surface area contributed by atoms with Crippen LogP contribution in [0.15, 0.2) is 42.6 Å². The monoisotopic (exact) mass is 476 g/mol. The van der Waals surface area contributed by atoms with E-state index in [-0.39, 0.29) is 11.9 Å². The Morgan fingerprint density at radius 3 is 2.79 bits per heavy atom. The number of aliphatic hydroxyl groups excluding tert-OH is 1. The predicted octanol–water partition coefficient (Wildman–Crippen LogP) is 4.28. The van der Waals surface area contributed by atoms with E-state index in [2.05, 4.69) is 10.3 Å². The molecule has 174 valence electrons. The Hall–Kier alpha value is -3.43. The molecule has 0 bridgehead atoms. The van der Waals surface area contributed by atoms with Gasteiger partial charge in [-0.05, 0) is 56.5 Å². The van der Waals surface area contributed by atoms with Crippen LogP contribution in [0.5, 0.6) is 11.5 Å². The number of aliphatic hydroxyl groups is 1. The van der Waals surface area contributed by atoms with Gasteiger partial charge in [0.05, 0.1) is 26.7 Å². The van der Waals surface area contributed by atoms with Crippen molar-refractivity contribution in [3.8, 4) is 11.5 Å². The molecule has 3 aromatic heterocycles. The number of nitrogens with zero attached hydrogens (tertiary/aromatic N) is 3. The topological polar surface area (TPSA) is 96.7 Å². The molecule has 2 amide bonds. The van der Waals surface area contributed by atoms with E-state index in [1.807, 2.05) is 31.2 Å². The van der Waals surface area contributed by atoms with Crippen LogP contribution in [-0.4, -0.2) is 56.7 Å². The summed E-state index contributed by atoms with van der Waals surface area (Å²) in [6.45, 7) is 2.84. The van der Waals surface area contributed by atoms with Gasteiger partial charge in [0, 0.05) is 42.5 Å². The Labute approximate surface area is 199 Å². The fourth-order valence-corrected chi connectivity index (χ4v) is 5.47. The molecule has 4 aromatic rings. The fourth-order valence-electron chi connectivity index (χ4n) is 4.44. The number of ether oxygens (including phenoxy) is 1. The third-order valence-electron chi connectivity index (χ3n) is 6.33. The Bertz CT molecular complexity index is 1440. The van der Waals surface area contributed by atoms with Gasteiger partial charge in [0.2, 0.25) is 0 Å². The van der Waals surface area contributed by atoms with Gasteiger partial charge in [-0.2, -0.15) is 0 Å². The van der Waals surface area contributed by atoms with Crippen LogP contribution in [0.2, 0.25) is 0 Å². The van der Waals surface area contributed by atoms with Gasteiger partial charge in [-0.25, -0.2) is 4.79 Å².